The van der Waals surface area contributed by atoms with Crippen molar-refractivity contribution in [2.75, 3.05) is 5.32 Å². The number of fused-ring (bicyclic) bond motifs is 1. The van der Waals surface area contributed by atoms with Gasteiger partial charge in [-0.1, -0.05) is 0 Å². The number of non-ortho nitro benzene ring substituents is 1. The van der Waals surface area contributed by atoms with Gasteiger partial charge in [0, 0.05) is 28.8 Å². The van der Waals surface area contributed by atoms with E-state index in [1.807, 2.05) is 0 Å². The lowest BCUT2D eigenvalue weighted by atomic mass is 10.1. The van der Waals surface area contributed by atoms with Gasteiger partial charge in [-0.15, -0.1) is 0 Å². The van der Waals surface area contributed by atoms with Gasteiger partial charge in [0.1, 0.15) is 17.1 Å². The second kappa shape index (κ2) is 8.90. The Hall–Kier alpha value is -4.73. The third-order valence-corrected chi connectivity index (χ3v) is 4.91. The van der Waals surface area contributed by atoms with Crippen LogP contribution >= 0.6 is 0 Å². The minimum atomic E-state index is -1.24. The Morgan fingerprint density at radius 3 is 2.34 bits per heavy atom. The standard InChI is InChI=1S/C25H21N3O7/c1-25(2,3)35-24(31)26-15-6-4-14(5-7-15)21-10-11-22(34-21)20-13-18(23(29)30)17-12-16(28(32)33)8-9-19(17)27-20/h4-13H,1-3H3,(H,26,31)(H,29,30). The largest absolute Gasteiger partial charge is 0.478 e. The number of carboxylic acids is 1. The maximum absolute atomic E-state index is 11.9. The van der Waals surface area contributed by atoms with Crippen LogP contribution in [-0.4, -0.2) is 32.7 Å². The van der Waals surface area contributed by atoms with Crippen LogP contribution in [0.1, 0.15) is 31.1 Å². The van der Waals surface area contributed by atoms with Crippen LogP contribution in [0.15, 0.2) is 65.1 Å². The van der Waals surface area contributed by atoms with E-state index >= 15 is 0 Å². The number of carbonyl (C=O) groups is 2. The summed E-state index contributed by atoms with van der Waals surface area (Å²) in [6.07, 6.45) is -0.563. The Labute approximate surface area is 199 Å². The molecule has 0 fully saturated rings. The molecule has 1 amide bonds. The van der Waals surface area contributed by atoms with E-state index in [1.54, 1.807) is 57.2 Å². The molecule has 2 aromatic carbocycles. The van der Waals surface area contributed by atoms with E-state index in [4.69, 9.17) is 9.15 Å². The van der Waals surface area contributed by atoms with Crippen molar-refractivity contribution in [1.82, 2.24) is 4.98 Å². The van der Waals surface area contributed by atoms with Gasteiger partial charge in [0.2, 0.25) is 0 Å². The molecule has 0 atom stereocenters. The van der Waals surface area contributed by atoms with Crippen LogP contribution in [0.2, 0.25) is 0 Å². The molecule has 0 aliphatic rings. The van der Waals surface area contributed by atoms with Gasteiger partial charge in [-0.05, 0) is 69.3 Å². The summed E-state index contributed by atoms with van der Waals surface area (Å²) in [5.41, 5.74) is 0.885. The molecule has 178 valence electrons. The highest BCUT2D eigenvalue weighted by Gasteiger charge is 2.19. The molecule has 35 heavy (non-hydrogen) atoms. The van der Waals surface area contributed by atoms with E-state index in [1.165, 1.54) is 24.3 Å². The molecule has 0 saturated carbocycles. The number of hydrogen-bond donors (Lipinski definition) is 2. The predicted molar refractivity (Wildman–Crippen MR) is 128 cm³/mol. The number of furan rings is 1. The number of carbonyl (C=O) groups excluding carboxylic acids is 1. The molecule has 0 aliphatic heterocycles. The first-order chi connectivity index (χ1) is 16.5. The van der Waals surface area contributed by atoms with Crippen molar-refractivity contribution in [2.24, 2.45) is 0 Å². The Bertz CT molecular complexity index is 1450. The number of amides is 1. The van der Waals surface area contributed by atoms with E-state index in [9.17, 15) is 24.8 Å². The number of hydrogen-bond acceptors (Lipinski definition) is 7. The van der Waals surface area contributed by atoms with Crippen molar-refractivity contribution < 1.29 is 28.8 Å². The number of nitrogens with one attached hydrogen (secondary N) is 1. The summed E-state index contributed by atoms with van der Waals surface area (Å²) >= 11 is 0. The van der Waals surface area contributed by atoms with Gasteiger partial charge in [0.05, 0.1) is 16.0 Å². The van der Waals surface area contributed by atoms with Crippen molar-refractivity contribution >= 4 is 34.3 Å². The lowest BCUT2D eigenvalue weighted by molar-refractivity contribution is -0.384. The average Bonchev–Trinajstić information content (AvgIpc) is 3.27. The first kappa shape index (κ1) is 23.4. The summed E-state index contributed by atoms with van der Waals surface area (Å²) in [6.45, 7) is 5.33. The molecule has 4 aromatic rings. The molecule has 4 rings (SSSR count). The number of nitrogens with zero attached hydrogens (tertiary/aromatic N) is 2. The third kappa shape index (κ3) is 5.27. The van der Waals surface area contributed by atoms with E-state index in [2.05, 4.69) is 10.3 Å². The van der Waals surface area contributed by atoms with Gasteiger partial charge in [0.25, 0.3) is 5.69 Å². The van der Waals surface area contributed by atoms with Gasteiger partial charge < -0.3 is 14.3 Å². The van der Waals surface area contributed by atoms with Crippen LogP contribution in [0, 0.1) is 10.1 Å². The molecule has 0 radical (unpaired) electrons. The SMILES string of the molecule is CC(C)(C)OC(=O)Nc1ccc(-c2ccc(-c3cc(C(=O)O)c4cc([N+](=O)[O-])ccc4n3)o2)cc1. The average molecular weight is 475 g/mol. The quantitative estimate of drug-likeness (QED) is 0.259. The van der Waals surface area contributed by atoms with Crippen molar-refractivity contribution in [3.05, 3.63) is 76.3 Å². The smallest absolute Gasteiger partial charge is 0.412 e. The number of pyridine rings is 1. The zero-order valence-corrected chi connectivity index (χ0v) is 19.1. The van der Waals surface area contributed by atoms with E-state index in [0.29, 0.717) is 22.7 Å². The zero-order chi connectivity index (χ0) is 25.3. The third-order valence-electron chi connectivity index (χ3n) is 4.91. The Morgan fingerprint density at radius 2 is 1.71 bits per heavy atom. The summed E-state index contributed by atoms with van der Waals surface area (Å²) in [5, 5.41) is 23.5. The van der Waals surface area contributed by atoms with Crippen LogP contribution in [-0.2, 0) is 4.74 Å². The summed E-state index contributed by atoms with van der Waals surface area (Å²) in [5.74, 6) is -0.399. The zero-order valence-electron chi connectivity index (χ0n) is 19.1. The maximum Gasteiger partial charge on any atom is 0.412 e. The Morgan fingerprint density at radius 1 is 1.03 bits per heavy atom. The first-order valence-electron chi connectivity index (χ1n) is 10.5. The van der Waals surface area contributed by atoms with Crippen LogP contribution in [0.4, 0.5) is 16.2 Å². The van der Waals surface area contributed by atoms with Gasteiger partial charge in [-0.2, -0.15) is 0 Å². The first-order valence-corrected chi connectivity index (χ1v) is 10.5. The maximum atomic E-state index is 11.9. The van der Waals surface area contributed by atoms with Crippen LogP contribution < -0.4 is 5.32 Å². The summed E-state index contributed by atoms with van der Waals surface area (Å²) in [6, 6.07) is 15.5. The number of ether oxygens (including phenoxy) is 1. The van der Waals surface area contributed by atoms with Gasteiger partial charge in [-0.3, -0.25) is 15.4 Å². The van der Waals surface area contributed by atoms with Gasteiger partial charge >= 0.3 is 12.1 Å². The van der Waals surface area contributed by atoms with E-state index in [0.717, 1.165) is 5.56 Å². The molecule has 0 unspecified atom stereocenters. The molecule has 2 aromatic heterocycles. The van der Waals surface area contributed by atoms with Crippen molar-refractivity contribution in [1.29, 1.82) is 0 Å². The number of rotatable bonds is 5. The Kier molecular flexibility index (Phi) is 5.96. The fraction of sp³-hybridized carbons (Fsp3) is 0.160. The Balaban J connectivity index is 1.61. The lowest BCUT2D eigenvalue weighted by Gasteiger charge is -2.19. The molecule has 0 aliphatic carbocycles. The predicted octanol–water partition coefficient (Wildman–Crippen LogP) is 6.12. The highest BCUT2D eigenvalue weighted by atomic mass is 16.6. The summed E-state index contributed by atoms with van der Waals surface area (Å²) in [4.78, 5) is 38.7. The normalized spacial score (nSPS) is 11.3. The molecule has 10 nitrogen and oxygen atoms in total. The van der Waals surface area contributed by atoms with Crippen molar-refractivity contribution in [2.45, 2.75) is 26.4 Å². The van der Waals surface area contributed by atoms with Crippen LogP contribution in [0.25, 0.3) is 33.7 Å². The molecule has 2 N–H and O–H groups in total. The topological polar surface area (TPSA) is 145 Å². The fourth-order valence-electron chi connectivity index (χ4n) is 3.40. The number of aromatic nitrogens is 1. The highest BCUT2D eigenvalue weighted by molar-refractivity contribution is 6.04. The summed E-state index contributed by atoms with van der Waals surface area (Å²) in [7, 11) is 0. The van der Waals surface area contributed by atoms with E-state index in [-0.39, 0.29) is 22.3 Å². The van der Waals surface area contributed by atoms with Gasteiger partial charge in [-0.25, -0.2) is 14.6 Å². The lowest BCUT2D eigenvalue weighted by Crippen LogP contribution is -2.27. The number of nitro groups is 1. The van der Waals surface area contributed by atoms with Crippen molar-refractivity contribution in [3.8, 4) is 22.8 Å². The van der Waals surface area contributed by atoms with Crippen molar-refractivity contribution in [3.63, 3.8) is 0 Å². The highest BCUT2D eigenvalue weighted by Crippen LogP contribution is 2.32. The number of carboxylic acid groups (broad SMARTS) is 1. The van der Waals surface area contributed by atoms with Gasteiger partial charge in [0.15, 0.2) is 5.76 Å². The fourth-order valence-corrected chi connectivity index (χ4v) is 3.40. The number of aromatic carboxylic acids is 1. The summed E-state index contributed by atoms with van der Waals surface area (Å²) < 4.78 is 11.1. The minimum absolute atomic E-state index is 0.121. The van der Waals surface area contributed by atoms with Crippen LogP contribution in [0.5, 0.6) is 0 Å². The number of nitro benzene ring substituents is 1. The second-order valence-corrected chi connectivity index (χ2v) is 8.69. The number of benzene rings is 2. The molecule has 2 heterocycles. The minimum Gasteiger partial charge on any atom is -0.478 e. The molecule has 10 heteroatoms. The monoisotopic (exact) mass is 475 g/mol. The molecule has 0 saturated heterocycles. The molecular weight excluding hydrogens is 454 g/mol. The van der Waals surface area contributed by atoms with Crippen LogP contribution in [0.3, 0.4) is 0 Å². The second-order valence-electron chi connectivity index (χ2n) is 8.69. The molecule has 0 bridgehead atoms. The number of anilines is 1. The molecular formula is C25H21N3O7. The van der Waals surface area contributed by atoms with E-state index < -0.39 is 22.6 Å². The molecule has 0 spiro atoms.